The monoisotopic (exact) mass is 444 g/mol. The van der Waals surface area contributed by atoms with E-state index in [0.29, 0.717) is 11.2 Å². The maximum Gasteiger partial charge on any atom is 0.330 e. The fourth-order valence-corrected chi connectivity index (χ4v) is 4.34. The Hall–Kier alpha value is -3.24. The van der Waals surface area contributed by atoms with Crippen LogP contribution in [-0.4, -0.2) is 30.0 Å². The van der Waals surface area contributed by atoms with Crippen LogP contribution in [0.5, 0.6) is 0 Å². The average molecular weight is 445 g/mol. The van der Waals surface area contributed by atoms with E-state index < -0.39 is 21.3 Å². The highest BCUT2D eigenvalue weighted by molar-refractivity contribution is 7.89. The normalized spacial score (nSPS) is 11.6. The van der Waals surface area contributed by atoms with Crippen LogP contribution in [0.2, 0.25) is 0 Å². The second-order valence-electron chi connectivity index (χ2n) is 7.09. The molecule has 164 valence electrons. The molecule has 0 unspecified atom stereocenters. The van der Waals surface area contributed by atoms with Gasteiger partial charge in [0.05, 0.1) is 15.8 Å². The minimum atomic E-state index is -3.95. The van der Waals surface area contributed by atoms with E-state index in [-0.39, 0.29) is 29.2 Å². The zero-order valence-electron chi connectivity index (χ0n) is 17.5. The van der Waals surface area contributed by atoms with Gasteiger partial charge >= 0.3 is 5.69 Å². The van der Waals surface area contributed by atoms with Crippen LogP contribution >= 0.6 is 0 Å². The number of amides is 1. The Labute approximate surface area is 179 Å². The van der Waals surface area contributed by atoms with E-state index in [1.807, 2.05) is 25.1 Å². The summed E-state index contributed by atoms with van der Waals surface area (Å²) in [5, 5.41) is 2.90. The van der Waals surface area contributed by atoms with Gasteiger partial charge in [0.25, 0.3) is 5.56 Å². The first-order valence-corrected chi connectivity index (χ1v) is 11.2. The molecular weight excluding hydrogens is 420 g/mol. The van der Waals surface area contributed by atoms with Gasteiger partial charge < -0.3 is 5.32 Å². The molecule has 1 aromatic heterocycles. The quantitative estimate of drug-likeness (QED) is 0.566. The van der Waals surface area contributed by atoms with E-state index in [1.165, 1.54) is 36.9 Å². The fraction of sp³-hybridized carbons (Fsp3) is 0.286. The molecule has 2 N–H and O–H groups in total. The summed E-state index contributed by atoms with van der Waals surface area (Å²) in [6.07, 6.45) is 0.706. The van der Waals surface area contributed by atoms with Crippen molar-refractivity contribution in [1.29, 1.82) is 0 Å². The van der Waals surface area contributed by atoms with Crippen molar-refractivity contribution in [3.05, 3.63) is 68.9 Å². The molecule has 0 aliphatic heterocycles. The van der Waals surface area contributed by atoms with Gasteiger partial charge in [-0.15, -0.1) is 0 Å². The van der Waals surface area contributed by atoms with Crippen molar-refractivity contribution in [2.75, 3.05) is 11.9 Å². The maximum absolute atomic E-state index is 12.6. The lowest BCUT2D eigenvalue weighted by Crippen LogP contribution is -2.37. The van der Waals surface area contributed by atoms with Crippen LogP contribution in [0.4, 0.5) is 5.69 Å². The van der Waals surface area contributed by atoms with Crippen LogP contribution in [0.15, 0.2) is 56.9 Å². The van der Waals surface area contributed by atoms with Crippen molar-refractivity contribution < 1.29 is 13.2 Å². The van der Waals surface area contributed by atoms with Gasteiger partial charge in [-0.2, -0.15) is 0 Å². The number of carbonyl (C=O) groups excluding carboxylic acids is 1. The summed E-state index contributed by atoms with van der Waals surface area (Å²) in [6.45, 7) is 1.87. The van der Waals surface area contributed by atoms with Crippen molar-refractivity contribution in [1.82, 2.24) is 13.9 Å². The predicted molar refractivity (Wildman–Crippen MR) is 119 cm³/mol. The van der Waals surface area contributed by atoms with Crippen LogP contribution in [-0.2, 0) is 35.3 Å². The number of aryl methyl sites for hydroxylation is 2. The summed E-state index contributed by atoms with van der Waals surface area (Å²) < 4.78 is 29.9. The van der Waals surface area contributed by atoms with Crippen molar-refractivity contribution in [2.45, 2.75) is 24.7 Å². The lowest BCUT2D eigenvalue weighted by atomic mass is 10.1. The Bertz CT molecular complexity index is 1370. The summed E-state index contributed by atoms with van der Waals surface area (Å²) in [6, 6.07) is 11.4. The number of aromatic nitrogens is 2. The maximum atomic E-state index is 12.6. The first kappa shape index (κ1) is 22.4. The Morgan fingerprint density at radius 2 is 1.74 bits per heavy atom. The number of nitrogens with one attached hydrogen (secondary N) is 2. The molecule has 0 fully saturated rings. The van der Waals surface area contributed by atoms with Crippen molar-refractivity contribution in [3.8, 4) is 0 Å². The molecule has 0 atom stereocenters. The van der Waals surface area contributed by atoms with E-state index in [0.717, 1.165) is 16.6 Å². The molecule has 10 heteroatoms. The van der Waals surface area contributed by atoms with E-state index in [2.05, 4.69) is 10.0 Å². The lowest BCUT2D eigenvalue weighted by molar-refractivity contribution is -0.116. The van der Waals surface area contributed by atoms with Crippen LogP contribution in [0.1, 0.15) is 18.9 Å². The number of sulfonamides is 1. The number of fused-ring (bicyclic) bond motifs is 1. The molecule has 1 heterocycles. The molecule has 0 saturated heterocycles. The van der Waals surface area contributed by atoms with E-state index >= 15 is 0 Å². The Kier molecular flexibility index (Phi) is 6.42. The third-order valence-corrected chi connectivity index (χ3v) is 6.52. The van der Waals surface area contributed by atoms with E-state index in [4.69, 9.17) is 0 Å². The van der Waals surface area contributed by atoms with Crippen LogP contribution in [0.25, 0.3) is 10.9 Å². The Morgan fingerprint density at radius 3 is 2.45 bits per heavy atom. The van der Waals surface area contributed by atoms with Gasteiger partial charge in [0.1, 0.15) is 0 Å². The number of rotatable bonds is 7. The van der Waals surface area contributed by atoms with Crippen molar-refractivity contribution in [2.24, 2.45) is 14.1 Å². The molecule has 0 aliphatic rings. The number of para-hydroxylation sites is 1. The Balaban J connectivity index is 1.74. The first-order chi connectivity index (χ1) is 14.7. The molecular formula is C21H24N4O5S. The minimum Gasteiger partial charge on any atom is -0.326 e. The summed E-state index contributed by atoms with van der Waals surface area (Å²) >= 11 is 0. The molecule has 0 bridgehead atoms. The topological polar surface area (TPSA) is 119 Å². The predicted octanol–water partition coefficient (Wildman–Crippen LogP) is 1.11. The molecule has 3 aromatic rings. The number of anilines is 1. The largest absolute Gasteiger partial charge is 0.330 e. The third-order valence-electron chi connectivity index (χ3n) is 5.07. The molecule has 0 aliphatic carbocycles. The van der Waals surface area contributed by atoms with Crippen LogP contribution < -0.4 is 21.3 Å². The smallest absolute Gasteiger partial charge is 0.326 e. The van der Waals surface area contributed by atoms with Gasteiger partial charge in [-0.1, -0.05) is 25.1 Å². The van der Waals surface area contributed by atoms with Crippen LogP contribution in [0, 0.1) is 0 Å². The standard InChI is InChI=1S/C21H24N4O5S/c1-4-14-7-5-6-8-17(14)23-19(26)11-12-22-31(29,30)15-9-10-18-16(13-15)20(27)25(3)21(28)24(18)2/h5-10,13,22H,4,11-12H2,1-3H3,(H,23,26). The zero-order valence-corrected chi connectivity index (χ0v) is 18.3. The average Bonchev–Trinajstić information content (AvgIpc) is 2.76. The fourth-order valence-electron chi connectivity index (χ4n) is 3.29. The zero-order chi connectivity index (χ0) is 22.8. The van der Waals surface area contributed by atoms with Gasteiger partial charge in [-0.25, -0.2) is 17.9 Å². The summed E-state index contributed by atoms with van der Waals surface area (Å²) in [5.74, 6) is -0.314. The molecule has 0 spiro atoms. The second-order valence-corrected chi connectivity index (χ2v) is 8.86. The molecule has 9 nitrogen and oxygen atoms in total. The lowest BCUT2D eigenvalue weighted by Gasteiger charge is -2.11. The first-order valence-electron chi connectivity index (χ1n) is 9.73. The molecule has 1 amide bonds. The molecule has 3 rings (SSSR count). The third kappa shape index (κ3) is 4.59. The SMILES string of the molecule is CCc1ccccc1NC(=O)CCNS(=O)(=O)c1ccc2c(c1)c(=O)n(C)c(=O)n2C. The molecule has 31 heavy (non-hydrogen) atoms. The van der Waals surface area contributed by atoms with Gasteiger partial charge in [-0.3, -0.25) is 18.7 Å². The highest BCUT2D eigenvalue weighted by Gasteiger charge is 2.17. The van der Waals surface area contributed by atoms with E-state index in [9.17, 15) is 22.8 Å². The second kappa shape index (κ2) is 8.86. The Morgan fingerprint density at radius 1 is 1.03 bits per heavy atom. The van der Waals surface area contributed by atoms with E-state index in [1.54, 1.807) is 6.07 Å². The van der Waals surface area contributed by atoms with Gasteiger partial charge in [-0.05, 0) is 36.2 Å². The molecule has 0 radical (unpaired) electrons. The highest BCUT2D eigenvalue weighted by Crippen LogP contribution is 2.17. The molecule has 2 aromatic carbocycles. The number of benzene rings is 2. The number of carbonyl (C=O) groups is 1. The van der Waals surface area contributed by atoms with Gasteiger partial charge in [0.2, 0.25) is 15.9 Å². The summed E-state index contributed by atoms with van der Waals surface area (Å²) in [4.78, 5) is 36.5. The van der Waals surface area contributed by atoms with Gasteiger partial charge in [0, 0.05) is 32.7 Å². The number of hydrogen-bond donors (Lipinski definition) is 2. The number of hydrogen-bond acceptors (Lipinski definition) is 5. The van der Waals surface area contributed by atoms with Gasteiger partial charge in [0.15, 0.2) is 0 Å². The van der Waals surface area contributed by atoms with Crippen LogP contribution in [0.3, 0.4) is 0 Å². The van der Waals surface area contributed by atoms with Crippen molar-refractivity contribution in [3.63, 3.8) is 0 Å². The summed E-state index contributed by atoms with van der Waals surface area (Å²) in [5.41, 5.74) is 0.949. The minimum absolute atomic E-state index is 0.0544. The highest BCUT2D eigenvalue weighted by atomic mass is 32.2. The van der Waals surface area contributed by atoms with Crippen molar-refractivity contribution >= 4 is 32.5 Å². The number of nitrogens with zero attached hydrogens (tertiary/aromatic N) is 2. The summed E-state index contributed by atoms with van der Waals surface area (Å²) in [7, 11) is -1.11. The molecule has 0 saturated carbocycles.